The summed E-state index contributed by atoms with van der Waals surface area (Å²) in [5.41, 5.74) is 0. The largest absolute Gasteiger partial charge is 0.537 e. The van der Waals surface area contributed by atoms with Crippen LogP contribution >= 0.6 is 11.3 Å². The van der Waals surface area contributed by atoms with Crippen molar-refractivity contribution in [1.82, 2.24) is 0 Å². The van der Waals surface area contributed by atoms with Crippen molar-refractivity contribution in [3.8, 4) is 5.75 Å². The van der Waals surface area contributed by atoms with Gasteiger partial charge in [0, 0.05) is 20.9 Å². The summed E-state index contributed by atoms with van der Waals surface area (Å²) in [5, 5.41) is 16.5. The van der Waals surface area contributed by atoms with Gasteiger partial charge in [0.1, 0.15) is 5.75 Å². The molecule has 0 amide bonds. The average Bonchev–Trinajstić information content (AvgIpc) is 3.01. The lowest BCUT2D eigenvalue weighted by atomic mass is 10.0. The van der Waals surface area contributed by atoms with Crippen molar-refractivity contribution < 1.29 is 9.68 Å². The van der Waals surface area contributed by atoms with E-state index < -0.39 is 0 Å². The van der Waals surface area contributed by atoms with Crippen LogP contribution in [0.25, 0.3) is 41.7 Å². The smallest absolute Gasteiger partial charge is 0.504 e. The Morgan fingerprint density at radius 3 is 2.29 bits per heavy atom. The molecule has 0 bridgehead atoms. The molecule has 0 fully saturated rings. The third kappa shape index (κ3) is 1.87. The number of rotatable bonds is 2. The molecule has 5 aromatic rings. The Labute approximate surface area is 143 Å². The molecule has 0 spiro atoms. The molecule has 4 aromatic carbocycles. The Hall–Kier alpha value is -2.56. The van der Waals surface area contributed by atoms with Crippen LogP contribution in [0.15, 0.2) is 66.7 Å². The summed E-state index contributed by atoms with van der Waals surface area (Å²) in [6.07, 6.45) is 0. The maximum atomic E-state index is 9.37. The molecule has 0 aliphatic rings. The van der Waals surface area contributed by atoms with E-state index in [9.17, 15) is 5.02 Å². The Balaban J connectivity index is 2.03. The Bertz CT molecular complexity index is 1230. The first-order valence-electron chi connectivity index (χ1n) is 7.86. The van der Waals surface area contributed by atoms with Crippen LogP contribution in [0.5, 0.6) is 5.75 Å². The summed E-state index contributed by atoms with van der Waals surface area (Å²) >= 11 is 1.74. The van der Waals surface area contributed by atoms with Crippen molar-refractivity contribution in [2.75, 3.05) is 0 Å². The minimum atomic E-state index is -0.321. The maximum absolute atomic E-state index is 9.37. The SMILES string of the molecule is OBOc1c2ccccc2cc2c1sc1c3ccccc3ccc21. The lowest BCUT2D eigenvalue weighted by Gasteiger charge is -2.08. The van der Waals surface area contributed by atoms with Crippen LogP contribution in [-0.2, 0) is 0 Å². The van der Waals surface area contributed by atoms with Crippen molar-refractivity contribution in [2.24, 2.45) is 0 Å². The first-order chi connectivity index (χ1) is 11.9. The first-order valence-corrected chi connectivity index (χ1v) is 8.68. The number of fused-ring (bicyclic) bond motifs is 6. The highest BCUT2D eigenvalue weighted by molar-refractivity contribution is 7.27. The van der Waals surface area contributed by atoms with Crippen LogP contribution in [0.3, 0.4) is 0 Å². The van der Waals surface area contributed by atoms with Gasteiger partial charge in [0.15, 0.2) is 0 Å². The highest BCUT2D eigenvalue weighted by Crippen LogP contribution is 2.45. The molecular weight excluding hydrogens is 315 g/mol. The van der Waals surface area contributed by atoms with Crippen molar-refractivity contribution in [1.29, 1.82) is 0 Å². The quantitative estimate of drug-likeness (QED) is 0.462. The molecule has 1 heterocycles. The van der Waals surface area contributed by atoms with E-state index in [4.69, 9.17) is 4.65 Å². The van der Waals surface area contributed by atoms with Crippen LogP contribution in [0.4, 0.5) is 0 Å². The second-order valence-electron chi connectivity index (χ2n) is 5.84. The molecule has 0 atom stereocenters. The monoisotopic (exact) mass is 328 g/mol. The Kier molecular flexibility index (Phi) is 3.02. The number of hydrogen-bond donors (Lipinski definition) is 1. The predicted octanol–water partition coefficient (Wildman–Crippen LogP) is 5.00. The molecule has 0 saturated heterocycles. The van der Waals surface area contributed by atoms with Crippen molar-refractivity contribution in [2.45, 2.75) is 0 Å². The van der Waals surface area contributed by atoms with E-state index in [1.54, 1.807) is 11.3 Å². The Morgan fingerprint density at radius 2 is 1.46 bits per heavy atom. The van der Waals surface area contributed by atoms with Crippen molar-refractivity contribution in [3.63, 3.8) is 0 Å². The van der Waals surface area contributed by atoms with E-state index in [1.165, 1.54) is 26.2 Å². The zero-order valence-corrected chi connectivity index (χ0v) is 13.6. The predicted molar refractivity (Wildman–Crippen MR) is 104 cm³/mol. The molecule has 0 aliphatic carbocycles. The molecule has 2 nitrogen and oxygen atoms in total. The van der Waals surface area contributed by atoms with Gasteiger partial charge in [-0.1, -0.05) is 60.7 Å². The molecule has 0 saturated carbocycles. The minimum absolute atomic E-state index is 0.321. The fourth-order valence-electron chi connectivity index (χ4n) is 3.47. The minimum Gasteiger partial charge on any atom is -0.537 e. The van der Waals surface area contributed by atoms with E-state index in [0.717, 1.165) is 21.2 Å². The number of hydrogen-bond acceptors (Lipinski definition) is 3. The van der Waals surface area contributed by atoms with Gasteiger partial charge in [-0.05, 0) is 22.2 Å². The van der Waals surface area contributed by atoms with Crippen LogP contribution in [0.1, 0.15) is 0 Å². The van der Waals surface area contributed by atoms with Crippen LogP contribution in [0.2, 0.25) is 0 Å². The lowest BCUT2D eigenvalue weighted by Crippen LogP contribution is -2.00. The summed E-state index contributed by atoms with van der Waals surface area (Å²) < 4.78 is 8.00. The molecule has 4 heteroatoms. The van der Waals surface area contributed by atoms with E-state index in [1.807, 2.05) is 18.2 Å². The zero-order valence-electron chi connectivity index (χ0n) is 12.8. The molecule has 0 radical (unpaired) electrons. The summed E-state index contributed by atoms with van der Waals surface area (Å²) in [6.45, 7) is 0. The molecule has 1 aromatic heterocycles. The van der Waals surface area contributed by atoms with Gasteiger partial charge in [0.2, 0.25) is 0 Å². The second-order valence-corrected chi connectivity index (χ2v) is 6.86. The molecule has 0 unspecified atom stereocenters. The third-order valence-corrected chi connectivity index (χ3v) is 5.79. The molecule has 1 N–H and O–H groups in total. The van der Waals surface area contributed by atoms with Gasteiger partial charge in [0.25, 0.3) is 0 Å². The summed E-state index contributed by atoms with van der Waals surface area (Å²) in [6, 6.07) is 23.2. The third-order valence-electron chi connectivity index (χ3n) is 4.54. The van der Waals surface area contributed by atoms with Gasteiger partial charge < -0.3 is 9.68 Å². The van der Waals surface area contributed by atoms with Crippen molar-refractivity contribution >= 4 is 60.7 Å². The van der Waals surface area contributed by atoms with Crippen LogP contribution in [-0.4, -0.2) is 12.7 Å². The standard InChI is InChI=1S/C20H13BO2S/c22-21-23-18-14-7-3-2-6-13(14)11-17-16-10-9-12-5-1-4-8-15(12)19(16)24-20(17)18/h1-11,21-22H. The Morgan fingerprint density at radius 1 is 0.708 bits per heavy atom. The number of benzene rings is 4. The molecule has 114 valence electrons. The van der Waals surface area contributed by atoms with Gasteiger partial charge in [-0.2, -0.15) is 0 Å². The van der Waals surface area contributed by atoms with E-state index >= 15 is 0 Å². The normalized spacial score (nSPS) is 11.5. The van der Waals surface area contributed by atoms with Gasteiger partial charge in [-0.25, -0.2) is 0 Å². The highest BCUT2D eigenvalue weighted by atomic mass is 32.1. The molecular formula is C20H13BO2S. The first kappa shape index (κ1) is 13.8. The van der Waals surface area contributed by atoms with Crippen LogP contribution in [0, 0.1) is 0 Å². The molecule has 24 heavy (non-hydrogen) atoms. The van der Waals surface area contributed by atoms with E-state index in [2.05, 4.69) is 48.5 Å². The molecule has 0 aliphatic heterocycles. The number of thiophene rings is 1. The van der Waals surface area contributed by atoms with E-state index in [-0.39, 0.29) is 7.69 Å². The summed E-state index contributed by atoms with van der Waals surface area (Å²) in [4.78, 5) is 0. The topological polar surface area (TPSA) is 29.5 Å². The van der Waals surface area contributed by atoms with Gasteiger partial charge in [-0.15, -0.1) is 11.3 Å². The van der Waals surface area contributed by atoms with Gasteiger partial charge in [-0.3, -0.25) is 0 Å². The highest BCUT2D eigenvalue weighted by Gasteiger charge is 2.15. The fourth-order valence-corrected chi connectivity index (χ4v) is 4.80. The summed E-state index contributed by atoms with van der Waals surface area (Å²) in [5.74, 6) is 0.774. The molecule has 5 rings (SSSR count). The zero-order chi connectivity index (χ0) is 16.1. The maximum Gasteiger partial charge on any atom is 0.504 e. The van der Waals surface area contributed by atoms with Crippen LogP contribution < -0.4 is 4.65 Å². The second kappa shape index (κ2) is 5.23. The summed E-state index contributed by atoms with van der Waals surface area (Å²) in [7, 11) is -0.321. The van der Waals surface area contributed by atoms with Gasteiger partial charge >= 0.3 is 7.69 Å². The lowest BCUT2D eigenvalue weighted by molar-refractivity contribution is 0.460. The van der Waals surface area contributed by atoms with Crippen molar-refractivity contribution in [3.05, 3.63) is 66.7 Å². The van der Waals surface area contributed by atoms with Gasteiger partial charge in [0.05, 0.1) is 4.70 Å². The fraction of sp³-hybridized carbons (Fsp3) is 0. The van der Waals surface area contributed by atoms with E-state index in [0.29, 0.717) is 0 Å². The average molecular weight is 328 g/mol.